The van der Waals surface area contributed by atoms with Gasteiger partial charge in [-0.2, -0.15) is 15.0 Å². The number of Topliss-reactive ketones (excluding diaryl/α,β-unsaturated/α-hetero) is 1. The molecule has 0 aliphatic heterocycles. The molecule has 0 aliphatic rings. The lowest BCUT2D eigenvalue weighted by Crippen LogP contribution is -2.27. The van der Waals surface area contributed by atoms with Gasteiger partial charge in [-0.15, -0.1) is 0 Å². The first kappa shape index (κ1) is 24.4. The molecule has 2 N–H and O–H groups in total. The predicted molar refractivity (Wildman–Crippen MR) is 112 cm³/mol. The fourth-order valence-corrected chi connectivity index (χ4v) is 7.38. The van der Waals surface area contributed by atoms with E-state index >= 15 is 0 Å². The van der Waals surface area contributed by atoms with Crippen molar-refractivity contribution in [3.05, 3.63) is 29.8 Å². The molecule has 0 unspecified atom stereocenters. The predicted octanol–water partition coefficient (Wildman–Crippen LogP) is 3.34. The molecule has 0 heterocycles. The third kappa shape index (κ3) is 7.75. The molecule has 8 nitrogen and oxygen atoms in total. The second kappa shape index (κ2) is 10.8. The second-order valence-electron chi connectivity index (χ2n) is 6.20. The highest BCUT2D eigenvalue weighted by molar-refractivity contribution is 8.46. The molecule has 1 rings (SSSR count). The maximum Gasteiger partial charge on any atom is 0.434 e. The molecule has 0 spiro atoms. The van der Waals surface area contributed by atoms with Crippen LogP contribution in [0.2, 0.25) is 0 Å². The summed E-state index contributed by atoms with van der Waals surface area (Å²) in [5.41, 5.74) is 0.717. The Labute approximate surface area is 166 Å². The van der Waals surface area contributed by atoms with Crippen molar-refractivity contribution in [2.45, 2.75) is 27.4 Å². The van der Waals surface area contributed by atoms with Gasteiger partial charge in [-0.05, 0) is 36.1 Å². The van der Waals surface area contributed by atoms with E-state index in [4.69, 9.17) is 9.47 Å². The third-order valence-corrected chi connectivity index (χ3v) is 9.49. The number of amides is 1. The molecule has 0 radical (unpaired) electrons. The summed E-state index contributed by atoms with van der Waals surface area (Å²) in [6.07, 6.45) is -1.59. The molecular formula is C18H28NO7PS. The summed E-state index contributed by atoms with van der Waals surface area (Å²) in [5, 5.41) is 0.0840. The van der Waals surface area contributed by atoms with Gasteiger partial charge >= 0.3 is 13.7 Å². The number of ketones is 1. The maximum atomic E-state index is 12.2. The molecule has 28 heavy (non-hydrogen) atoms. The summed E-state index contributed by atoms with van der Waals surface area (Å²) >= 11 is 0. The van der Waals surface area contributed by atoms with Gasteiger partial charge in [0, 0.05) is 5.75 Å². The van der Waals surface area contributed by atoms with Gasteiger partial charge in [0.1, 0.15) is 18.1 Å². The van der Waals surface area contributed by atoms with Crippen LogP contribution in [0.15, 0.2) is 29.3 Å². The summed E-state index contributed by atoms with van der Waals surface area (Å²) in [6.45, 7) is 5.05. The van der Waals surface area contributed by atoms with Crippen LogP contribution >= 0.6 is 17.6 Å². The second-order valence-corrected chi connectivity index (χ2v) is 11.9. The van der Waals surface area contributed by atoms with E-state index < -0.39 is 29.9 Å². The smallest absolute Gasteiger partial charge is 0.434 e. The fourth-order valence-electron chi connectivity index (χ4n) is 2.66. The van der Waals surface area contributed by atoms with E-state index in [-0.39, 0.29) is 23.2 Å². The van der Waals surface area contributed by atoms with Crippen molar-refractivity contribution in [1.82, 2.24) is 0 Å². The van der Waals surface area contributed by atoms with Gasteiger partial charge in [0.05, 0.1) is 18.3 Å². The third-order valence-electron chi connectivity index (χ3n) is 4.16. The zero-order valence-corrected chi connectivity index (χ0v) is 18.3. The highest BCUT2D eigenvalue weighted by atomic mass is 32.3. The average Bonchev–Trinajstić information content (AvgIpc) is 2.63. The Balaban J connectivity index is 3.06. The number of hydrogen-bond acceptors (Lipinski definition) is 5. The van der Waals surface area contributed by atoms with Crippen LogP contribution in [0.3, 0.4) is 0 Å². The number of aliphatic imine (C=N–C) groups is 1. The van der Waals surface area contributed by atoms with Crippen molar-refractivity contribution in [2.75, 3.05) is 30.5 Å². The van der Waals surface area contributed by atoms with Crippen molar-refractivity contribution < 1.29 is 33.4 Å². The van der Waals surface area contributed by atoms with Crippen LogP contribution in [-0.2, 0) is 20.7 Å². The Kier molecular flexibility index (Phi) is 9.36. The van der Waals surface area contributed by atoms with E-state index in [1.165, 1.54) is 6.92 Å². The largest absolute Gasteiger partial charge is 0.497 e. The summed E-state index contributed by atoms with van der Waals surface area (Å²) in [5.74, 6) is 1.68. The molecule has 1 aromatic rings. The van der Waals surface area contributed by atoms with E-state index in [1.54, 1.807) is 31.4 Å². The van der Waals surface area contributed by atoms with Crippen molar-refractivity contribution in [2.24, 2.45) is 4.99 Å². The molecule has 0 aromatic heterocycles. The Morgan fingerprint density at radius 3 is 2.14 bits per heavy atom. The van der Waals surface area contributed by atoms with Crippen LogP contribution in [0, 0.1) is 0 Å². The van der Waals surface area contributed by atoms with Crippen molar-refractivity contribution >= 4 is 34.5 Å². The molecule has 0 saturated carbocycles. The SMILES string of the molecule is CCS(CC)(CC(C)=O)C(CP(=O)(O)O)=NC(=O)OCc1ccc(OC)cc1. The molecule has 158 valence electrons. The maximum absolute atomic E-state index is 12.2. The molecule has 10 heteroatoms. The highest BCUT2D eigenvalue weighted by Gasteiger charge is 2.33. The van der Waals surface area contributed by atoms with Crippen molar-refractivity contribution in [3.63, 3.8) is 0 Å². The zero-order chi connectivity index (χ0) is 21.4. The molecule has 1 amide bonds. The molecule has 0 atom stereocenters. The molecule has 0 aliphatic carbocycles. The van der Waals surface area contributed by atoms with E-state index in [2.05, 4.69) is 4.99 Å². The first-order valence-corrected chi connectivity index (χ1v) is 12.7. The van der Waals surface area contributed by atoms with Crippen molar-refractivity contribution in [3.8, 4) is 5.75 Å². The van der Waals surface area contributed by atoms with Gasteiger partial charge in [-0.25, -0.2) is 4.79 Å². The van der Waals surface area contributed by atoms with Gasteiger partial charge < -0.3 is 19.3 Å². The number of benzene rings is 1. The average molecular weight is 433 g/mol. The number of carbonyl (C=O) groups excluding carboxylic acids is 2. The van der Waals surface area contributed by atoms with Gasteiger partial charge in [-0.1, -0.05) is 26.0 Å². The minimum absolute atomic E-state index is 0.0389. The lowest BCUT2D eigenvalue weighted by Gasteiger charge is -2.38. The van der Waals surface area contributed by atoms with Crippen LogP contribution in [0.25, 0.3) is 0 Å². The Morgan fingerprint density at radius 2 is 1.71 bits per heavy atom. The Morgan fingerprint density at radius 1 is 1.14 bits per heavy atom. The number of carbonyl (C=O) groups is 2. The summed E-state index contributed by atoms with van der Waals surface area (Å²) < 4.78 is 21.8. The van der Waals surface area contributed by atoms with Crippen LogP contribution in [0.4, 0.5) is 4.79 Å². The summed E-state index contributed by atoms with van der Waals surface area (Å²) in [7, 11) is -4.87. The van der Waals surface area contributed by atoms with Gasteiger partial charge in [-0.3, -0.25) is 9.36 Å². The quantitative estimate of drug-likeness (QED) is 0.348. The number of ether oxygens (including phenoxy) is 2. The number of hydrogen-bond donors (Lipinski definition) is 2. The summed E-state index contributed by atoms with van der Waals surface area (Å²) in [6, 6.07) is 6.91. The number of nitrogens with zero attached hydrogens (tertiary/aromatic N) is 1. The number of rotatable bonds is 9. The lowest BCUT2D eigenvalue weighted by molar-refractivity contribution is -0.114. The van der Waals surface area contributed by atoms with E-state index in [1.807, 2.05) is 13.8 Å². The molecule has 0 saturated heterocycles. The highest BCUT2D eigenvalue weighted by Crippen LogP contribution is 2.52. The van der Waals surface area contributed by atoms with Crippen LogP contribution < -0.4 is 4.74 Å². The Hall–Kier alpha value is -1.67. The Bertz CT molecular complexity index is 754. The van der Waals surface area contributed by atoms with Crippen LogP contribution in [0.1, 0.15) is 26.3 Å². The minimum atomic E-state index is -4.47. The fraction of sp³-hybridized carbons (Fsp3) is 0.500. The number of methoxy groups -OCH3 is 1. The first-order chi connectivity index (χ1) is 13.0. The van der Waals surface area contributed by atoms with Crippen molar-refractivity contribution in [1.29, 1.82) is 0 Å². The molecule has 0 bridgehead atoms. The standard InChI is InChI=1S/C18H28NO7PS/c1-5-28(6-2,13-14(3)20)17(12-27(22,23)24)19-18(21)26-11-15-7-9-16(25-4)10-8-15/h7-10H,5-6,11-13H2,1-4H3,(H2,22,23,24). The van der Waals surface area contributed by atoms with E-state index in [9.17, 15) is 23.9 Å². The molecular weight excluding hydrogens is 405 g/mol. The molecule has 1 aromatic carbocycles. The molecule has 0 fully saturated rings. The topological polar surface area (TPSA) is 122 Å². The van der Waals surface area contributed by atoms with Gasteiger partial charge in [0.2, 0.25) is 0 Å². The normalized spacial score (nSPS) is 13.1. The monoisotopic (exact) mass is 433 g/mol. The van der Waals surface area contributed by atoms with E-state index in [0.717, 1.165) is 0 Å². The van der Waals surface area contributed by atoms with Gasteiger partial charge in [0.25, 0.3) is 0 Å². The van der Waals surface area contributed by atoms with Gasteiger partial charge in [0.15, 0.2) is 0 Å². The minimum Gasteiger partial charge on any atom is -0.497 e. The lowest BCUT2D eigenvalue weighted by atomic mass is 10.2. The van der Waals surface area contributed by atoms with Crippen LogP contribution in [-0.4, -0.2) is 57.2 Å². The summed E-state index contributed by atoms with van der Waals surface area (Å²) in [4.78, 5) is 46.8. The van der Waals surface area contributed by atoms with Crippen LogP contribution in [0.5, 0.6) is 5.75 Å². The van der Waals surface area contributed by atoms with E-state index in [0.29, 0.717) is 22.8 Å². The first-order valence-electron chi connectivity index (χ1n) is 8.73. The zero-order valence-electron chi connectivity index (χ0n) is 16.6.